The van der Waals surface area contributed by atoms with Crippen molar-refractivity contribution in [3.63, 3.8) is 0 Å². The van der Waals surface area contributed by atoms with Crippen LogP contribution in [0.4, 0.5) is 10.8 Å². The van der Waals surface area contributed by atoms with Crippen molar-refractivity contribution in [2.45, 2.75) is 0 Å². The number of amides is 1. The number of hydrogen-bond donors (Lipinski definition) is 4. The molecule has 11 heteroatoms. The summed E-state index contributed by atoms with van der Waals surface area (Å²) in [5, 5.41) is 25.2. The van der Waals surface area contributed by atoms with Crippen LogP contribution in [0.5, 0.6) is 23.4 Å². The Hall–Kier alpha value is -4.38. The topological polar surface area (TPSA) is 153 Å². The fourth-order valence-corrected chi connectivity index (χ4v) is 3.82. The van der Waals surface area contributed by atoms with Gasteiger partial charge < -0.3 is 30.7 Å². The van der Waals surface area contributed by atoms with Gasteiger partial charge in [-0.2, -0.15) is 9.97 Å². The number of rotatable bonds is 7. The van der Waals surface area contributed by atoms with Gasteiger partial charge in [-0.05, 0) is 36.4 Å². The van der Waals surface area contributed by atoms with Crippen LogP contribution < -0.4 is 20.5 Å². The Kier molecular flexibility index (Phi) is 5.96. The third-order valence-corrected chi connectivity index (χ3v) is 5.40. The molecule has 0 saturated carbocycles. The number of phenols is 2. The van der Waals surface area contributed by atoms with Crippen molar-refractivity contribution >= 4 is 28.1 Å². The molecule has 1 amide bonds. The lowest BCUT2D eigenvalue weighted by atomic mass is 10.0. The van der Waals surface area contributed by atoms with E-state index in [-0.39, 0.29) is 29.0 Å². The molecule has 4 aromatic rings. The predicted molar refractivity (Wildman–Crippen MR) is 123 cm³/mol. The molecular formula is C22H19N5O5S. The molecule has 0 saturated heterocycles. The maximum absolute atomic E-state index is 12.0. The molecule has 4 rings (SSSR count). The summed E-state index contributed by atoms with van der Waals surface area (Å²) in [6.45, 7) is 0. The fraction of sp³-hybridized carbons (Fsp3) is 0.0909. The minimum absolute atomic E-state index is 0.00408. The Morgan fingerprint density at radius 1 is 0.970 bits per heavy atom. The Labute approximate surface area is 192 Å². The van der Waals surface area contributed by atoms with Gasteiger partial charge in [-0.3, -0.25) is 4.79 Å². The Morgan fingerprint density at radius 3 is 2.52 bits per heavy atom. The van der Waals surface area contributed by atoms with E-state index in [4.69, 9.17) is 15.2 Å². The summed E-state index contributed by atoms with van der Waals surface area (Å²) in [7, 11) is 2.89. The number of thiazole rings is 1. The summed E-state index contributed by atoms with van der Waals surface area (Å²) >= 11 is 1.31. The van der Waals surface area contributed by atoms with E-state index in [1.807, 2.05) is 0 Å². The average Bonchev–Trinajstić information content (AvgIpc) is 3.28. The number of methoxy groups -OCH3 is 2. The molecule has 0 unspecified atom stereocenters. The lowest BCUT2D eigenvalue weighted by Crippen LogP contribution is -2.13. The Balaban J connectivity index is 1.70. The normalized spacial score (nSPS) is 10.6. The first-order valence-corrected chi connectivity index (χ1v) is 10.4. The van der Waals surface area contributed by atoms with Gasteiger partial charge in [-0.1, -0.05) is 0 Å². The molecule has 5 N–H and O–H groups in total. The Morgan fingerprint density at radius 2 is 1.79 bits per heavy atom. The van der Waals surface area contributed by atoms with Crippen LogP contribution >= 0.6 is 11.3 Å². The van der Waals surface area contributed by atoms with Gasteiger partial charge in [0.1, 0.15) is 11.5 Å². The van der Waals surface area contributed by atoms with Gasteiger partial charge in [0.2, 0.25) is 11.8 Å². The second-order valence-corrected chi connectivity index (χ2v) is 7.63. The van der Waals surface area contributed by atoms with Gasteiger partial charge in [-0.25, -0.2) is 4.98 Å². The first kappa shape index (κ1) is 21.8. The number of aromatic hydroxyl groups is 2. The molecule has 2 heterocycles. The fourth-order valence-electron chi connectivity index (χ4n) is 3.09. The smallest absolute Gasteiger partial charge is 0.320 e. The lowest BCUT2D eigenvalue weighted by molar-refractivity contribution is 0.100. The van der Waals surface area contributed by atoms with Crippen LogP contribution in [0.2, 0.25) is 0 Å². The number of aromatic nitrogens is 3. The van der Waals surface area contributed by atoms with Crippen LogP contribution in [0.1, 0.15) is 10.4 Å². The van der Waals surface area contributed by atoms with Crippen LogP contribution in [-0.4, -0.2) is 45.3 Å². The molecule has 2 aromatic heterocycles. The SMILES string of the molecule is COc1cc(-c2cc(Nc3nc(-c4cc(O)ccc4O)cs3)ccc2C(N)=O)nc(OC)n1. The molecule has 0 atom stereocenters. The number of carbonyl (C=O) groups is 1. The summed E-state index contributed by atoms with van der Waals surface area (Å²) < 4.78 is 10.3. The first-order chi connectivity index (χ1) is 15.9. The number of nitrogens with two attached hydrogens (primary N) is 1. The maximum Gasteiger partial charge on any atom is 0.320 e. The summed E-state index contributed by atoms with van der Waals surface area (Å²) in [5.74, 6) is -0.331. The van der Waals surface area contributed by atoms with E-state index in [9.17, 15) is 15.0 Å². The highest BCUT2D eigenvalue weighted by Crippen LogP contribution is 2.35. The van der Waals surface area contributed by atoms with Gasteiger partial charge in [0, 0.05) is 33.8 Å². The summed E-state index contributed by atoms with van der Waals surface area (Å²) in [6, 6.07) is 10.8. The molecule has 0 aliphatic heterocycles. The molecule has 10 nitrogen and oxygen atoms in total. The van der Waals surface area contributed by atoms with E-state index in [1.165, 1.54) is 43.8 Å². The number of primary amides is 1. The first-order valence-electron chi connectivity index (χ1n) is 9.54. The van der Waals surface area contributed by atoms with Crippen molar-refractivity contribution < 1.29 is 24.5 Å². The quantitative estimate of drug-likeness (QED) is 0.300. The number of anilines is 2. The molecule has 2 aromatic carbocycles. The van der Waals surface area contributed by atoms with E-state index < -0.39 is 5.91 Å². The number of ether oxygens (including phenoxy) is 2. The number of nitrogens with zero attached hydrogens (tertiary/aromatic N) is 3. The number of phenolic OH excluding ortho intramolecular Hbond substituents is 2. The summed E-state index contributed by atoms with van der Waals surface area (Å²) in [4.78, 5) is 24.9. The zero-order valence-electron chi connectivity index (χ0n) is 17.6. The van der Waals surface area contributed by atoms with Crippen molar-refractivity contribution in [1.82, 2.24) is 15.0 Å². The van der Waals surface area contributed by atoms with E-state index in [0.29, 0.717) is 33.3 Å². The van der Waals surface area contributed by atoms with Crippen molar-refractivity contribution in [3.05, 3.63) is 53.4 Å². The Bertz CT molecular complexity index is 1320. The largest absolute Gasteiger partial charge is 0.508 e. The predicted octanol–water partition coefficient (Wildman–Crippen LogP) is 3.54. The van der Waals surface area contributed by atoms with Crippen LogP contribution in [0, 0.1) is 0 Å². The van der Waals surface area contributed by atoms with Crippen molar-refractivity contribution in [2.75, 3.05) is 19.5 Å². The molecule has 0 radical (unpaired) electrons. The molecule has 0 bridgehead atoms. The van der Waals surface area contributed by atoms with Gasteiger partial charge in [0.05, 0.1) is 25.6 Å². The van der Waals surface area contributed by atoms with Crippen LogP contribution in [-0.2, 0) is 0 Å². The number of nitrogens with one attached hydrogen (secondary N) is 1. The van der Waals surface area contributed by atoms with Gasteiger partial charge >= 0.3 is 6.01 Å². The zero-order chi connectivity index (χ0) is 23.5. The number of benzene rings is 2. The van der Waals surface area contributed by atoms with Gasteiger partial charge in [0.15, 0.2) is 5.13 Å². The van der Waals surface area contributed by atoms with Crippen molar-refractivity contribution in [3.8, 4) is 45.9 Å². The van der Waals surface area contributed by atoms with Crippen molar-refractivity contribution in [1.29, 1.82) is 0 Å². The van der Waals surface area contributed by atoms with E-state index in [2.05, 4.69) is 20.3 Å². The second-order valence-electron chi connectivity index (χ2n) is 6.77. The standard InChI is InChI=1S/C22H19N5O5S/c1-31-19-9-16(25-21(27-19)32-2)14-7-11(3-5-13(14)20(23)30)24-22-26-17(10-33-22)15-8-12(28)4-6-18(15)29/h3-10,28-29H,1-2H3,(H2,23,30)(H,24,26). The zero-order valence-corrected chi connectivity index (χ0v) is 18.4. The third kappa shape index (κ3) is 4.62. The van der Waals surface area contributed by atoms with Gasteiger partial charge in [-0.15, -0.1) is 11.3 Å². The number of carbonyl (C=O) groups excluding carboxylic acids is 1. The highest BCUT2D eigenvalue weighted by Gasteiger charge is 2.16. The van der Waals surface area contributed by atoms with Crippen LogP contribution in [0.15, 0.2) is 47.8 Å². The second kappa shape index (κ2) is 9.01. The molecular weight excluding hydrogens is 446 g/mol. The van der Waals surface area contributed by atoms with Crippen molar-refractivity contribution in [2.24, 2.45) is 5.73 Å². The minimum Gasteiger partial charge on any atom is -0.508 e. The molecule has 0 spiro atoms. The molecule has 0 aliphatic rings. The number of hydrogen-bond acceptors (Lipinski definition) is 10. The maximum atomic E-state index is 12.0. The van der Waals surface area contributed by atoms with Gasteiger partial charge in [0.25, 0.3) is 0 Å². The third-order valence-electron chi connectivity index (χ3n) is 4.65. The summed E-state index contributed by atoms with van der Waals surface area (Å²) in [6.07, 6.45) is 0. The van der Waals surface area contributed by atoms with Crippen LogP contribution in [0.3, 0.4) is 0 Å². The van der Waals surface area contributed by atoms with E-state index in [0.717, 1.165) is 0 Å². The molecule has 168 valence electrons. The monoisotopic (exact) mass is 465 g/mol. The molecule has 0 aliphatic carbocycles. The lowest BCUT2D eigenvalue weighted by Gasteiger charge is -2.11. The van der Waals surface area contributed by atoms with E-state index >= 15 is 0 Å². The van der Waals surface area contributed by atoms with E-state index in [1.54, 1.807) is 29.6 Å². The average molecular weight is 465 g/mol. The molecule has 0 fully saturated rings. The van der Waals surface area contributed by atoms with Crippen LogP contribution in [0.25, 0.3) is 22.5 Å². The molecule has 33 heavy (non-hydrogen) atoms. The summed E-state index contributed by atoms with van der Waals surface area (Å²) in [5.41, 5.74) is 8.19. The minimum atomic E-state index is -0.621. The highest BCUT2D eigenvalue weighted by atomic mass is 32.1. The highest BCUT2D eigenvalue weighted by molar-refractivity contribution is 7.14.